The molecule has 3 fully saturated rings. The number of methoxy groups -OCH3 is 2. The Balaban J connectivity index is 1.30. The Morgan fingerprint density at radius 1 is 0.914 bits per heavy atom. The molecule has 2 aliphatic carbocycles. The number of allylic oxidation sites excluding steroid dienone is 2. The van der Waals surface area contributed by atoms with Crippen LogP contribution in [0.3, 0.4) is 0 Å². The molecule has 16 heteroatoms. The molecule has 2 N–H and O–H groups in total. The molecule has 4 aliphatic rings. The van der Waals surface area contributed by atoms with E-state index in [0.717, 1.165) is 26.7 Å². The van der Waals surface area contributed by atoms with Crippen molar-refractivity contribution in [2.45, 2.75) is 37.3 Å². The Kier molecular flexibility index (Phi) is 9.41. The zero-order valence-corrected chi connectivity index (χ0v) is 32.3. The number of carbonyl (C=O) groups is 4. The molecule has 3 heterocycles. The van der Waals surface area contributed by atoms with Crippen LogP contribution in [-0.2, 0) is 30.8 Å². The number of hydrogen-bond donors (Lipinski definition) is 2. The van der Waals surface area contributed by atoms with Crippen molar-refractivity contribution in [2.75, 3.05) is 31.7 Å². The fourth-order valence-corrected chi connectivity index (χ4v) is 9.62. The van der Waals surface area contributed by atoms with Gasteiger partial charge in [0.25, 0.3) is 23.6 Å². The number of nitrogens with zero attached hydrogens (tertiary/aromatic N) is 4. The molecular formula is C42H37ClF3N5O7. The number of amides is 4. The van der Waals surface area contributed by atoms with Gasteiger partial charge in [-0.25, -0.2) is 4.98 Å². The van der Waals surface area contributed by atoms with Crippen LogP contribution in [0.5, 0.6) is 17.2 Å². The highest BCUT2D eigenvalue weighted by atomic mass is 35.5. The molecule has 3 aromatic carbocycles. The molecule has 0 radical (unpaired) electrons. The third-order valence-electron chi connectivity index (χ3n) is 11.9. The van der Waals surface area contributed by atoms with Crippen LogP contribution in [0.15, 0.2) is 90.5 Å². The summed E-state index contributed by atoms with van der Waals surface area (Å²) in [5.41, 5.74) is 3.12. The van der Waals surface area contributed by atoms with Gasteiger partial charge in [-0.1, -0.05) is 71.3 Å². The molecular weight excluding hydrogens is 779 g/mol. The van der Waals surface area contributed by atoms with Crippen LogP contribution in [0.4, 0.5) is 24.7 Å². The average Bonchev–Trinajstić information content (AvgIpc) is 3.59. The number of pyridine rings is 1. The molecule has 4 aromatic rings. The summed E-state index contributed by atoms with van der Waals surface area (Å²) in [7, 11) is 3.96. The summed E-state index contributed by atoms with van der Waals surface area (Å²) in [6.07, 6.45) is -3.02. The standard InChI is InChI=1S/C42H37ClF3N5O7/c1-21-10-12-24(13-11-21)48-50-38(54)28-20-27-25(14-15-26-33(27)39(55)51(37(26)53)49(2)36-29(43)16-17-32(47-36)42(44,45)46)34(22-18-30(57-3)35(52)31(19-22)58-4)41(28,40(50)56)23-8-6-5-7-9-23/h5-14,16-19,26-28,33-34,48,52H,15,20H2,1-4H3. The van der Waals surface area contributed by atoms with Gasteiger partial charge in [-0.3, -0.25) is 29.6 Å². The van der Waals surface area contributed by atoms with Gasteiger partial charge in [-0.15, -0.1) is 0 Å². The third kappa shape index (κ3) is 5.77. The topological polar surface area (TPSA) is 142 Å². The van der Waals surface area contributed by atoms with E-state index in [1.807, 2.05) is 25.1 Å². The largest absolute Gasteiger partial charge is 0.502 e. The lowest BCUT2D eigenvalue weighted by Gasteiger charge is -2.50. The molecule has 12 nitrogen and oxygen atoms in total. The van der Waals surface area contributed by atoms with Gasteiger partial charge >= 0.3 is 6.18 Å². The lowest BCUT2D eigenvalue weighted by atomic mass is 9.49. The molecule has 1 saturated carbocycles. The highest BCUT2D eigenvalue weighted by Gasteiger charge is 2.70. The van der Waals surface area contributed by atoms with E-state index in [-0.39, 0.29) is 35.1 Å². The maximum absolute atomic E-state index is 15.4. The smallest absolute Gasteiger partial charge is 0.433 e. The number of imide groups is 2. The fourth-order valence-electron chi connectivity index (χ4n) is 9.39. The molecule has 6 atom stereocenters. The summed E-state index contributed by atoms with van der Waals surface area (Å²) in [4.78, 5) is 63.0. The molecule has 1 aromatic heterocycles. The molecule has 300 valence electrons. The quantitative estimate of drug-likeness (QED) is 0.144. The van der Waals surface area contributed by atoms with Crippen LogP contribution >= 0.6 is 11.6 Å². The van der Waals surface area contributed by atoms with Crippen molar-refractivity contribution in [1.82, 2.24) is 15.0 Å². The number of carbonyl (C=O) groups excluding carboxylic acids is 4. The van der Waals surface area contributed by atoms with Crippen LogP contribution in [0.25, 0.3) is 0 Å². The van der Waals surface area contributed by atoms with E-state index in [9.17, 15) is 32.7 Å². The number of nitrogens with one attached hydrogen (secondary N) is 1. The number of alkyl halides is 3. The normalized spacial score (nSPS) is 25.2. The maximum Gasteiger partial charge on any atom is 0.433 e. The molecule has 4 amide bonds. The predicted octanol–water partition coefficient (Wildman–Crippen LogP) is 6.82. The van der Waals surface area contributed by atoms with Gasteiger partial charge in [0.1, 0.15) is 5.69 Å². The summed E-state index contributed by atoms with van der Waals surface area (Å²) in [6.45, 7) is 1.90. The highest BCUT2D eigenvalue weighted by Crippen LogP contribution is 2.65. The van der Waals surface area contributed by atoms with E-state index in [4.69, 9.17) is 21.1 Å². The molecule has 58 heavy (non-hydrogen) atoms. The first kappa shape index (κ1) is 38.8. The second-order valence-corrected chi connectivity index (χ2v) is 15.3. The monoisotopic (exact) mass is 815 g/mol. The first-order valence-corrected chi connectivity index (χ1v) is 18.8. The minimum atomic E-state index is -4.83. The van der Waals surface area contributed by atoms with Crippen molar-refractivity contribution in [3.8, 4) is 17.2 Å². The Bertz CT molecular complexity index is 2370. The predicted molar refractivity (Wildman–Crippen MR) is 205 cm³/mol. The van der Waals surface area contributed by atoms with Gasteiger partial charge in [0.2, 0.25) is 5.75 Å². The number of ether oxygens (including phenoxy) is 2. The van der Waals surface area contributed by atoms with Crippen molar-refractivity contribution in [3.05, 3.63) is 118 Å². The maximum atomic E-state index is 15.4. The summed E-state index contributed by atoms with van der Waals surface area (Å²) >= 11 is 6.32. The minimum absolute atomic E-state index is 0.0288. The zero-order chi connectivity index (χ0) is 41.4. The number of rotatable bonds is 8. The van der Waals surface area contributed by atoms with Crippen LogP contribution in [-0.4, -0.2) is 65.0 Å². The highest BCUT2D eigenvalue weighted by molar-refractivity contribution is 6.33. The lowest BCUT2D eigenvalue weighted by Crippen LogP contribution is -2.53. The number of anilines is 2. The number of benzene rings is 3. The molecule has 0 spiro atoms. The van der Waals surface area contributed by atoms with Crippen LogP contribution < -0.4 is 19.9 Å². The first-order valence-electron chi connectivity index (χ1n) is 18.4. The summed E-state index contributed by atoms with van der Waals surface area (Å²) in [5.74, 6) is -8.16. The first-order chi connectivity index (χ1) is 27.6. The zero-order valence-electron chi connectivity index (χ0n) is 31.6. The van der Waals surface area contributed by atoms with E-state index < -0.39 is 76.3 Å². The number of hydrazine groups is 2. The van der Waals surface area contributed by atoms with Gasteiger partial charge in [0.15, 0.2) is 17.3 Å². The third-order valence-corrected chi connectivity index (χ3v) is 12.2. The number of halogens is 4. The molecule has 8 rings (SSSR count). The van der Waals surface area contributed by atoms with Crippen LogP contribution in [0.1, 0.15) is 41.1 Å². The molecule has 6 unspecified atom stereocenters. The average molecular weight is 816 g/mol. The van der Waals surface area contributed by atoms with Crippen molar-refractivity contribution < 1.29 is 46.9 Å². The minimum Gasteiger partial charge on any atom is -0.502 e. The number of aromatic hydroxyl groups is 1. The second-order valence-electron chi connectivity index (χ2n) is 14.9. The Hall–Kier alpha value is -6.09. The van der Waals surface area contributed by atoms with Gasteiger partial charge < -0.3 is 14.6 Å². The molecule has 0 bridgehead atoms. The van der Waals surface area contributed by atoms with Crippen molar-refractivity contribution in [1.29, 1.82) is 0 Å². The van der Waals surface area contributed by atoms with E-state index in [2.05, 4.69) is 10.4 Å². The van der Waals surface area contributed by atoms with Gasteiger partial charge in [0.05, 0.1) is 48.1 Å². The van der Waals surface area contributed by atoms with E-state index >= 15 is 4.79 Å². The summed E-state index contributed by atoms with van der Waals surface area (Å²) in [5, 5.41) is 13.5. The number of phenolic OH excluding ortho intramolecular Hbond substituents is 1. The van der Waals surface area contributed by atoms with E-state index in [1.54, 1.807) is 54.6 Å². The van der Waals surface area contributed by atoms with Crippen molar-refractivity contribution >= 4 is 46.7 Å². The van der Waals surface area contributed by atoms with E-state index in [0.29, 0.717) is 28.5 Å². The number of fused-ring (bicyclic) bond motifs is 4. The number of phenols is 1. The van der Waals surface area contributed by atoms with Gasteiger partial charge in [0, 0.05) is 13.0 Å². The van der Waals surface area contributed by atoms with Crippen molar-refractivity contribution in [3.63, 3.8) is 0 Å². The SMILES string of the molecule is COc1cc(C2C3=CCC4C(=O)N(N(C)c5nc(C(F)(F)F)ccc5Cl)C(=O)C4C3CC3C(=O)N(Nc4ccc(C)cc4)C(=O)C32c2ccccc2)cc(OC)c1O. The number of aryl methyl sites for hydroxylation is 1. The second kappa shape index (κ2) is 14.1. The Morgan fingerprint density at radius 3 is 2.19 bits per heavy atom. The molecule has 2 saturated heterocycles. The summed E-state index contributed by atoms with van der Waals surface area (Å²) < 4.78 is 52.3. The number of hydrogen-bond acceptors (Lipinski definition) is 10. The number of aromatic nitrogens is 1. The van der Waals surface area contributed by atoms with Gasteiger partial charge in [-0.05, 0) is 73.2 Å². The lowest BCUT2D eigenvalue weighted by molar-refractivity contribution is -0.142. The fraction of sp³-hybridized carbons (Fsp3) is 0.310. The Morgan fingerprint density at radius 2 is 1.57 bits per heavy atom. The van der Waals surface area contributed by atoms with Crippen molar-refractivity contribution in [2.24, 2.45) is 23.7 Å². The van der Waals surface area contributed by atoms with Gasteiger partial charge in [-0.2, -0.15) is 23.2 Å². The van der Waals surface area contributed by atoms with Crippen LogP contribution in [0, 0.1) is 30.6 Å². The molecule has 2 aliphatic heterocycles. The van der Waals surface area contributed by atoms with E-state index in [1.165, 1.54) is 21.3 Å². The van der Waals surface area contributed by atoms with Crippen LogP contribution in [0.2, 0.25) is 5.02 Å². The summed E-state index contributed by atoms with van der Waals surface area (Å²) in [6, 6.07) is 20.8. The Labute approximate surface area is 335 Å².